The van der Waals surface area contributed by atoms with E-state index in [1.54, 1.807) is 11.1 Å². The Morgan fingerprint density at radius 2 is 2.18 bits per heavy atom. The smallest absolute Gasteiger partial charge is 0.256 e. The lowest BCUT2D eigenvalue weighted by atomic mass is 10.0. The number of amides is 3. The number of likely N-dealkylation sites (tertiary alicyclic amines) is 1. The van der Waals surface area contributed by atoms with Gasteiger partial charge in [-0.15, -0.1) is 0 Å². The Bertz CT molecular complexity index is 843. The fraction of sp³-hybridized carbons (Fsp3) is 0.579. The van der Waals surface area contributed by atoms with Crippen LogP contribution in [0, 0.1) is 0 Å². The second-order valence-electron chi connectivity index (χ2n) is 8.04. The number of hydrogen-bond acceptors (Lipinski definition) is 7. The molecule has 3 atom stereocenters. The molecule has 148 valence electrons. The van der Waals surface area contributed by atoms with Gasteiger partial charge in [0.2, 0.25) is 11.8 Å². The molecule has 2 bridgehead atoms. The first kappa shape index (κ1) is 17.6. The van der Waals surface area contributed by atoms with Crippen molar-refractivity contribution in [3.05, 3.63) is 23.4 Å². The molecule has 1 aromatic rings. The lowest BCUT2D eigenvalue weighted by molar-refractivity contribution is -0.136. The minimum atomic E-state index is -0.590. The third-order valence-electron chi connectivity index (χ3n) is 6.28. The van der Waals surface area contributed by atoms with Crippen LogP contribution >= 0.6 is 0 Å². The number of nitrogens with zero attached hydrogens (tertiary/aromatic N) is 3. The molecule has 4 aliphatic heterocycles. The Morgan fingerprint density at radius 1 is 1.29 bits per heavy atom. The average molecular weight is 384 g/mol. The molecule has 5 heterocycles. The molecule has 1 unspecified atom stereocenters. The first-order valence-corrected chi connectivity index (χ1v) is 9.93. The Kier molecular flexibility index (Phi) is 4.28. The van der Waals surface area contributed by atoms with Gasteiger partial charge in [0.1, 0.15) is 11.9 Å². The molecule has 28 heavy (non-hydrogen) atoms. The number of aromatic nitrogens is 1. The van der Waals surface area contributed by atoms with Gasteiger partial charge in [0.15, 0.2) is 0 Å². The summed E-state index contributed by atoms with van der Waals surface area (Å²) >= 11 is 0. The minimum absolute atomic E-state index is 0.191. The van der Waals surface area contributed by atoms with E-state index in [1.807, 2.05) is 6.07 Å². The number of carbonyl (C=O) groups excluding carboxylic acids is 3. The summed E-state index contributed by atoms with van der Waals surface area (Å²) in [6.07, 6.45) is 3.47. The van der Waals surface area contributed by atoms with Gasteiger partial charge in [0.05, 0.1) is 5.56 Å². The van der Waals surface area contributed by atoms with Crippen LogP contribution in [-0.4, -0.2) is 76.8 Å². The Balaban J connectivity index is 1.20. The summed E-state index contributed by atoms with van der Waals surface area (Å²) in [6.45, 7) is 4.35. The van der Waals surface area contributed by atoms with Crippen LogP contribution in [0.5, 0.6) is 0 Å². The highest BCUT2D eigenvalue weighted by atomic mass is 16.2. The second-order valence-corrected chi connectivity index (χ2v) is 8.04. The zero-order valence-electron chi connectivity index (χ0n) is 15.6. The SMILES string of the molecule is O=C1CCC(N2Cc3cc(NCCN4C[C@@H]5C[C@H]4CN5)ncc3C2=O)C(=O)N1. The maximum atomic E-state index is 12.7. The molecule has 0 radical (unpaired) electrons. The molecule has 9 nitrogen and oxygen atoms in total. The minimum Gasteiger partial charge on any atom is -0.369 e. The van der Waals surface area contributed by atoms with E-state index in [9.17, 15) is 14.4 Å². The fourth-order valence-corrected chi connectivity index (χ4v) is 4.81. The third-order valence-corrected chi connectivity index (χ3v) is 6.28. The van der Waals surface area contributed by atoms with Crippen LogP contribution in [0.4, 0.5) is 5.82 Å². The highest BCUT2D eigenvalue weighted by Gasteiger charge is 2.39. The molecule has 0 aromatic carbocycles. The number of hydrogen-bond donors (Lipinski definition) is 3. The molecular formula is C19H24N6O3. The first-order valence-electron chi connectivity index (χ1n) is 9.93. The summed E-state index contributed by atoms with van der Waals surface area (Å²) < 4.78 is 0. The largest absolute Gasteiger partial charge is 0.369 e. The highest BCUT2D eigenvalue weighted by Crippen LogP contribution is 2.28. The molecule has 5 rings (SSSR count). The van der Waals surface area contributed by atoms with Crippen LogP contribution in [-0.2, 0) is 16.1 Å². The third kappa shape index (κ3) is 3.04. The molecular weight excluding hydrogens is 360 g/mol. The lowest BCUT2D eigenvalue weighted by Gasteiger charge is -2.29. The molecule has 0 aliphatic carbocycles. The number of anilines is 1. The Morgan fingerprint density at radius 3 is 2.93 bits per heavy atom. The number of piperidine rings is 1. The van der Waals surface area contributed by atoms with E-state index in [0.29, 0.717) is 30.6 Å². The quantitative estimate of drug-likeness (QED) is 0.577. The predicted octanol–water partition coefficient (Wildman–Crippen LogP) is -0.699. The monoisotopic (exact) mass is 384 g/mol. The predicted molar refractivity (Wildman–Crippen MR) is 101 cm³/mol. The summed E-state index contributed by atoms with van der Waals surface area (Å²) in [6, 6.07) is 2.61. The van der Waals surface area contributed by atoms with Crippen molar-refractivity contribution in [1.82, 2.24) is 25.4 Å². The van der Waals surface area contributed by atoms with Crippen molar-refractivity contribution < 1.29 is 14.4 Å². The van der Waals surface area contributed by atoms with Crippen molar-refractivity contribution in [3.63, 3.8) is 0 Å². The molecule has 1 aromatic heterocycles. The molecule has 3 N–H and O–H groups in total. The van der Waals surface area contributed by atoms with Crippen LogP contribution in [0.2, 0.25) is 0 Å². The van der Waals surface area contributed by atoms with Gasteiger partial charge in [0, 0.05) is 57.4 Å². The number of piperazine rings is 1. The van der Waals surface area contributed by atoms with Gasteiger partial charge in [-0.3, -0.25) is 24.6 Å². The number of fused-ring (bicyclic) bond motifs is 3. The fourth-order valence-electron chi connectivity index (χ4n) is 4.81. The van der Waals surface area contributed by atoms with Gasteiger partial charge in [-0.2, -0.15) is 0 Å². The van der Waals surface area contributed by atoms with Crippen molar-refractivity contribution in [2.24, 2.45) is 0 Å². The summed E-state index contributed by atoms with van der Waals surface area (Å²) in [5.41, 5.74) is 1.41. The molecule has 4 aliphatic rings. The topological polar surface area (TPSA) is 107 Å². The van der Waals surface area contributed by atoms with Gasteiger partial charge < -0.3 is 15.5 Å². The number of nitrogens with one attached hydrogen (secondary N) is 3. The van der Waals surface area contributed by atoms with E-state index in [0.717, 1.165) is 37.6 Å². The maximum absolute atomic E-state index is 12.7. The maximum Gasteiger partial charge on any atom is 0.256 e. The van der Waals surface area contributed by atoms with Gasteiger partial charge >= 0.3 is 0 Å². The van der Waals surface area contributed by atoms with Gasteiger partial charge in [0.25, 0.3) is 5.91 Å². The summed E-state index contributed by atoms with van der Waals surface area (Å²) in [4.78, 5) is 44.6. The lowest BCUT2D eigenvalue weighted by Crippen LogP contribution is -2.52. The van der Waals surface area contributed by atoms with Crippen molar-refractivity contribution >= 4 is 23.5 Å². The van der Waals surface area contributed by atoms with Crippen LogP contribution in [0.1, 0.15) is 35.2 Å². The molecule has 0 spiro atoms. The van der Waals surface area contributed by atoms with E-state index in [2.05, 4.69) is 25.8 Å². The van der Waals surface area contributed by atoms with Crippen LogP contribution in [0.15, 0.2) is 12.3 Å². The first-order chi connectivity index (χ1) is 13.6. The second kappa shape index (κ2) is 6.82. The van der Waals surface area contributed by atoms with E-state index < -0.39 is 11.9 Å². The van der Waals surface area contributed by atoms with Gasteiger partial charge in [-0.25, -0.2) is 4.98 Å². The molecule has 3 fully saturated rings. The number of carbonyl (C=O) groups is 3. The van der Waals surface area contributed by atoms with E-state index in [1.165, 1.54) is 6.42 Å². The summed E-state index contributed by atoms with van der Waals surface area (Å²) in [5, 5.41) is 9.18. The number of rotatable bonds is 5. The van der Waals surface area contributed by atoms with Crippen LogP contribution in [0.25, 0.3) is 0 Å². The van der Waals surface area contributed by atoms with Crippen LogP contribution in [0.3, 0.4) is 0 Å². The van der Waals surface area contributed by atoms with E-state index >= 15 is 0 Å². The van der Waals surface area contributed by atoms with Crippen molar-refractivity contribution in [2.45, 2.75) is 43.9 Å². The Labute approximate surface area is 162 Å². The molecule has 3 saturated heterocycles. The summed E-state index contributed by atoms with van der Waals surface area (Å²) in [5.74, 6) is -0.109. The number of pyridine rings is 1. The average Bonchev–Trinajstić information content (AvgIpc) is 3.37. The van der Waals surface area contributed by atoms with Gasteiger partial charge in [-0.1, -0.05) is 0 Å². The normalized spacial score (nSPS) is 29.4. The van der Waals surface area contributed by atoms with E-state index in [4.69, 9.17) is 0 Å². The summed E-state index contributed by atoms with van der Waals surface area (Å²) in [7, 11) is 0. The van der Waals surface area contributed by atoms with Crippen molar-refractivity contribution in [1.29, 1.82) is 0 Å². The van der Waals surface area contributed by atoms with Crippen molar-refractivity contribution in [2.75, 3.05) is 31.5 Å². The van der Waals surface area contributed by atoms with Crippen molar-refractivity contribution in [3.8, 4) is 0 Å². The standard InChI is InChI=1S/C19H24N6O3/c26-17-2-1-15(18(27)23-17)25-9-11-5-16(22-8-14(11)19(25)28)20-3-4-24-10-12-6-13(24)7-21-12/h5,8,12-13,15,21H,1-4,6-7,9-10H2,(H,20,22)(H,23,26,27)/t12-,13-,15?/m0/s1. The molecule has 3 amide bonds. The highest BCUT2D eigenvalue weighted by molar-refractivity contribution is 6.05. The molecule has 0 saturated carbocycles. The van der Waals surface area contributed by atoms with Gasteiger partial charge in [-0.05, 0) is 24.5 Å². The zero-order chi connectivity index (χ0) is 19.3. The molecule has 9 heteroatoms. The number of imide groups is 1. The Hall–Kier alpha value is -2.52. The zero-order valence-corrected chi connectivity index (χ0v) is 15.6. The van der Waals surface area contributed by atoms with Crippen LogP contribution < -0.4 is 16.0 Å². The van der Waals surface area contributed by atoms with E-state index in [-0.39, 0.29) is 18.2 Å².